The van der Waals surface area contributed by atoms with Crippen molar-refractivity contribution in [1.82, 2.24) is 5.32 Å². The number of hydrogen-bond donors (Lipinski definition) is 1. The van der Waals surface area contributed by atoms with Crippen molar-refractivity contribution in [2.45, 2.75) is 19.5 Å². The summed E-state index contributed by atoms with van der Waals surface area (Å²) in [6.07, 6.45) is -5.27. The summed E-state index contributed by atoms with van der Waals surface area (Å²) in [6.45, 7) is 1.32. The second kappa shape index (κ2) is 5.53. The number of amides is 1. The minimum absolute atomic E-state index is 0.376. The normalized spacial score (nSPS) is 11.4. The van der Waals surface area contributed by atoms with E-state index in [2.05, 4.69) is 21.2 Å². The van der Waals surface area contributed by atoms with E-state index >= 15 is 0 Å². The zero-order chi connectivity index (χ0) is 13.1. The molecule has 0 aliphatic carbocycles. The van der Waals surface area contributed by atoms with Crippen molar-refractivity contribution in [2.75, 3.05) is 6.54 Å². The lowest BCUT2D eigenvalue weighted by Gasteiger charge is -2.09. The maximum absolute atomic E-state index is 11.9. The van der Waals surface area contributed by atoms with Crippen LogP contribution in [0.5, 0.6) is 0 Å². The number of rotatable bonds is 3. The molecule has 0 spiro atoms. The Morgan fingerprint density at radius 2 is 2.06 bits per heavy atom. The summed E-state index contributed by atoms with van der Waals surface area (Å²) < 4.78 is 36.4. The molecule has 1 aromatic carbocycles. The van der Waals surface area contributed by atoms with E-state index in [9.17, 15) is 18.0 Å². The molecule has 0 heterocycles. The third kappa shape index (κ3) is 4.77. The SMILES string of the molecule is Cc1ccc(Br)cc1C(=O)NCCC(F)(F)F. The molecule has 0 aromatic heterocycles. The van der Waals surface area contributed by atoms with Crippen LogP contribution >= 0.6 is 15.9 Å². The number of alkyl halides is 3. The average molecular weight is 310 g/mol. The van der Waals surface area contributed by atoms with Crippen molar-refractivity contribution in [2.24, 2.45) is 0 Å². The summed E-state index contributed by atoms with van der Waals surface area (Å²) in [5.41, 5.74) is 1.10. The molecule has 1 rings (SSSR count). The fraction of sp³-hybridized carbons (Fsp3) is 0.364. The largest absolute Gasteiger partial charge is 0.390 e. The predicted octanol–water partition coefficient (Wildman–Crippen LogP) is 3.44. The van der Waals surface area contributed by atoms with E-state index in [0.717, 1.165) is 5.56 Å². The first-order valence-corrected chi connectivity index (χ1v) is 5.70. The van der Waals surface area contributed by atoms with Gasteiger partial charge in [0.2, 0.25) is 0 Å². The Morgan fingerprint density at radius 1 is 1.41 bits per heavy atom. The number of halogens is 4. The Balaban J connectivity index is 2.61. The van der Waals surface area contributed by atoms with Crippen molar-refractivity contribution >= 4 is 21.8 Å². The van der Waals surface area contributed by atoms with Crippen LogP contribution in [0.15, 0.2) is 22.7 Å². The first-order valence-electron chi connectivity index (χ1n) is 4.91. The molecule has 0 aliphatic rings. The summed E-state index contributed by atoms with van der Waals surface area (Å²) in [6, 6.07) is 5.07. The van der Waals surface area contributed by atoms with Gasteiger partial charge in [0.15, 0.2) is 0 Å². The molecular weight excluding hydrogens is 299 g/mol. The predicted molar refractivity (Wildman–Crippen MR) is 61.9 cm³/mol. The number of carbonyl (C=O) groups excluding carboxylic acids is 1. The minimum Gasteiger partial charge on any atom is -0.352 e. The van der Waals surface area contributed by atoms with Crippen molar-refractivity contribution in [3.05, 3.63) is 33.8 Å². The summed E-state index contributed by atoms with van der Waals surface area (Å²) >= 11 is 3.20. The molecule has 0 unspecified atom stereocenters. The van der Waals surface area contributed by atoms with Crippen LogP contribution in [0, 0.1) is 6.92 Å². The highest BCUT2D eigenvalue weighted by molar-refractivity contribution is 9.10. The molecule has 2 nitrogen and oxygen atoms in total. The van der Waals surface area contributed by atoms with Crippen molar-refractivity contribution in [1.29, 1.82) is 0 Å². The van der Waals surface area contributed by atoms with Gasteiger partial charge in [-0.25, -0.2) is 0 Å². The molecule has 0 saturated heterocycles. The van der Waals surface area contributed by atoms with Gasteiger partial charge in [0.05, 0.1) is 6.42 Å². The van der Waals surface area contributed by atoms with Gasteiger partial charge in [-0.2, -0.15) is 13.2 Å². The van der Waals surface area contributed by atoms with E-state index in [1.54, 1.807) is 25.1 Å². The minimum atomic E-state index is -4.25. The van der Waals surface area contributed by atoms with Gasteiger partial charge in [-0.15, -0.1) is 0 Å². The van der Waals surface area contributed by atoms with E-state index in [1.165, 1.54) is 0 Å². The topological polar surface area (TPSA) is 29.1 Å². The van der Waals surface area contributed by atoms with Crippen molar-refractivity contribution in [3.63, 3.8) is 0 Å². The molecule has 0 saturated carbocycles. The summed E-state index contributed by atoms with van der Waals surface area (Å²) in [5.74, 6) is -0.493. The molecule has 17 heavy (non-hydrogen) atoms. The molecular formula is C11H11BrF3NO. The second-order valence-corrected chi connectivity index (χ2v) is 4.50. The molecule has 0 fully saturated rings. The maximum atomic E-state index is 11.9. The van der Waals surface area contributed by atoms with Gasteiger partial charge in [0.25, 0.3) is 5.91 Å². The summed E-state index contributed by atoms with van der Waals surface area (Å²) in [4.78, 5) is 11.6. The quantitative estimate of drug-likeness (QED) is 0.910. The van der Waals surface area contributed by atoms with E-state index in [-0.39, 0.29) is 0 Å². The van der Waals surface area contributed by atoms with Gasteiger partial charge in [0.1, 0.15) is 0 Å². The molecule has 0 aliphatic heterocycles. The molecule has 0 atom stereocenters. The lowest BCUT2D eigenvalue weighted by Crippen LogP contribution is -2.28. The van der Waals surface area contributed by atoms with Crippen LogP contribution in [-0.2, 0) is 0 Å². The molecule has 0 radical (unpaired) electrons. The molecule has 1 aromatic rings. The first-order chi connectivity index (χ1) is 7.79. The Hall–Kier alpha value is -1.04. The fourth-order valence-corrected chi connectivity index (χ4v) is 1.61. The summed E-state index contributed by atoms with van der Waals surface area (Å²) in [7, 11) is 0. The Bertz CT molecular complexity index is 418. The number of nitrogens with one attached hydrogen (secondary N) is 1. The van der Waals surface area contributed by atoms with Crippen LogP contribution in [0.25, 0.3) is 0 Å². The van der Waals surface area contributed by atoms with Crippen LogP contribution in [0.1, 0.15) is 22.3 Å². The smallest absolute Gasteiger partial charge is 0.352 e. The van der Waals surface area contributed by atoms with Gasteiger partial charge in [0, 0.05) is 16.6 Å². The van der Waals surface area contributed by atoms with Gasteiger partial charge in [-0.05, 0) is 24.6 Å². The zero-order valence-electron chi connectivity index (χ0n) is 9.07. The number of hydrogen-bond acceptors (Lipinski definition) is 1. The van der Waals surface area contributed by atoms with E-state index in [0.29, 0.717) is 10.0 Å². The van der Waals surface area contributed by atoms with Crippen molar-refractivity contribution in [3.8, 4) is 0 Å². The molecule has 0 bridgehead atoms. The number of benzene rings is 1. The van der Waals surface area contributed by atoms with Crippen molar-refractivity contribution < 1.29 is 18.0 Å². The standard InChI is InChI=1S/C11H11BrF3NO/c1-7-2-3-8(12)6-9(7)10(17)16-5-4-11(13,14)15/h2-3,6H,4-5H2,1H3,(H,16,17). The Morgan fingerprint density at radius 3 is 2.65 bits per heavy atom. The van der Waals surface area contributed by atoms with Gasteiger partial charge < -0.3 is 5.32 Å². The third-order valence-electron chi connectivity index (χ3n) is 2.14. The zero-order valence-corrected chi connectivity index (χ0v) is 10.7. The van der Waals surface area contributed by atoms with E-state index < -0.39 is 25.0 Å². The molecule has 1 N–H and O–H groups in total. The fourth-order valence-electron chi connectivity index (χ4n) is 1.25. The lowest BCUT2D eigenvalue weighted by molar-refractivity contribution is -0.132. The molecule has 1 amide bonds. The highest BCUT2D eigenvalue weighted by Gasteiger charge is 2.26. The number of aryl methyl sites for hydroxylation is 1. The number of carbonyl (C=O) groups is 1. The maximum Gasteiger partial charge on any atom is 0.390 e. The first kappa shape index (κ1) is 14.0. The van der Waals surface area contributed by atoms with E-state index in [4.69, 9.17) is 0 Å². The average Bonchev–Trinajstić information content (AvgIpc) is 2.19. The van der Waals surface area contributed by atoms with Crippen LogP contribution in [0.3, 0.4) is 0 Å². The van der Waals surface area contributed by atoms with E-state index in [1.807, 2.05) is 0 Å². The molecule has 6 heteroatoms. The third-order valence-corrected chi connectivity index (χ3v) is 2.63. The Labute approximate surface area is 105 Å². The summed E-state index contributed by atoms with van der Waals surface area (Å²) in [5, 5.41) is 2.24. The van der Waals surface area contributed by atoms with Gasteiger partial charge in [-0.3, -0.25) is 4.79 Å². The Kier molecular flexibility index (Phi) is 4.56. The van der Waals surface area contributed by atoms with Crippen LogP contribution in [0.2, 0.25) is 0 Å². The highest BCUT2D eigenvalue weighted by Crippen LogP contribution is 2.19. The van der Waals surface area contributed by atoms with Crippen LogP contribution in [-0.4, -0.2) is 18.6 Å². The molecule has 94 valence electrons. The second-order valence-electron chi connectivity index (χ2n) is 3.58. The highest BCUT2D eigenvalue weighted by atomic mass is 79.9. The monoisotopic (exact) mass is 309 g/mol. The van der Waals surface area contributed by atoms with Gasteiger partial charge in [-0.1, -0.05) is 22.0 Å². The lowest BCUT2D eigenvalue weighted by atomic mass is 10.1. The van der Waals surface area contributed by atoms with Crippen LogP contribution in [0.4, 0.5) is 13.2 Å². The van der Waals surface area contributed by atoms with Gasteiger partial charge >= 0.3 is 6.18 Å². The van der Waals surface area contributed by atoms with Crippen LogP contribution < -0.4 is 5.32 Å².